The summed E-state index contributed by atoms with van der Waals surface area (Å²) in [5.41, 5.74) is 1.71. The summed E-state index contributed by atoms with van der Waals surface area (Å²) >= 11 is -1.38. The molecule has 0 fully saturated rings. The van der Waals surface area contributed by atoms with Crippen molar-refractivity contribution in [2.45, 2.75) is 12.7 Å². The fraction of sp³-hybridized carbons (Fsp3) is 0.304. The third-order valence-corrected chi connectivity index (χ3v) is 5.45. The van der Waals surface area contributed by atoms with Crippen LogP contribution in [0.1, 0.15) is 18.1 Å². The summed E-state index contributed by atoms with van der Waals surface area (Å²) in [6.45, 7) is 0.803. The van der Waals surface area contributed by atoms with Gasteiger partial charge >= 0.3 is 5.97 Å². The molecular formula is C23H27NO8S. The molecule has 0 bridgehead atoms. The van der Waals surface area contributed by atoms with Crippen molar-refractivity contribution in [3.63, 3.8) is 0 Å². The molecule has 0 aliphatic heterocycles. The monoisotopic (exact) mass is 477 g/mol. The van der Waals surface area contributed by atoms with Crippen LogP contribution >= 0.6 is 0 Å². The Morgan fingerprint density at radius 1 is 0.970 bits per heavy atom. The lowest BCUT2D eigenvalue weighted by molar-refractivity contribution is -0.144. The molecule has 0 heterocycles. The van der Waals surface area contributed by atoms with Crippen molar-refractivity contribution in [1.82, 2.24) is 0 Å². The molecule has 0 spiro atoms. The minimum Gasteiger partial charge on any atom is -0.612 e. The number of benzene rings is 2. The fourth-order valence-corrected chi connectivity index (χ4v) is 3.74. The molecular weight excluding hydrogens is 450 g/mol. The maximum atomic E-state index is 12.7. The maximum Gasteiger partial charge on any atom is 0.303 e. The summed E-state index contributed by atoms with van der Waals surface area (Å²) in [6, 6.07) is 8.48. The summed E-state index contributed by atoms with van der Waals surface area (Å²) in [5, 5.41) is 4.16. The van der Waals surface area contributed by atoms with Crippen LogP contribution in [-0.4, -0.2) is 51.5 Å². The number of methoxy groups -OCH3 is 4. The average molecular weight is 478 g/mol. The molecule has 0 aliphatic carbocycles. The number of esters is 1. The lowest BCUT2D eigenvalue weighted by Crippen LogP contribution is -2.20. The van der Waals surface area contributed by atoms with E-state index in [0.717, 1.165) is 0 Å². The van der Waals surface area contributed by atoms with Gasteiger partial charge in [-0.25, -0.2) is 0 Å². The zero-order valence-corrected chi connectivity index (χ0v) is 19.9. The van der Waals surface area contributed by atoms with E-state index in [4.69, 9.17) is 23.7 Å². The van der Waals surface area contributed by atoms with Crippen LogP contribution in [0.15, 0.2) is 35.7 Å². The van der Waals surface area contributed by atoms with E-state index in [1.165, 1.54) is 33.7 Å². The molecule has 0 aromatic heterocycles. The lowest BCUT2D eigenvalue weighted by atomic mass is 10.1. The van der Waals surface area contributed by atoms with Gasteiger partial charge in [0.25, 0.3) is 5.91 Å². The predicted octanol–water partition coefficient (Wildman–Crippen LogP) is 3.14. The van der Waals surface area contributed by atoms with Crippen LogP contribution in [0.3, 0.4) is 0 Å². The molecule has 0 saturated heterocycles. The van der Waals surface area contributed by atoms with E-state index in [0.29, 0.717) is 39.8 Å². The minimum absolute atomic E-state index is 0.189. The van der Waals surface area contributed by atoms with Gasteiger partial charge < -0.3 is 33.6 Å². The molecule has 2 aromatic carbocycles. The Bertz CT molecular complexity index is 983. The SMILES string of the molecule is COc1cc(OC)c(C=C[S+]([O-])Cc2ccc(OC)c(NC(=O)COC(C)=O)c2)c(OC)c1. The van der Waals surface area contributed by atoms with Crippen LogP contribution in [0.5, 0.6) is 23.0 Å². The zero-order valence-electron chi connectivity index (χ0n) is 19.1. The van der Waals surface area contributed by atoms with E-state index in [9.17, 15) is 14.1 Å². The Balaban J connectivity index is 2.17. The first-order valence-corrected chi connectivity index (χ1v) is 11.1. The highest BCUT2D eigenvalue weighted by atomic mass is 32.2. The van der Waals surface area contributed by atoms with Crippen LogP contribution in [0, 0.1) is 0 Å². The summed E-state index contributed by atoms with van der Waals surface area (Å²) < 4.78 is 38.7. The highest BCUT2D eigenvalue weighted by Crippen LogP contribution is 2.35. The van der Waals surface area contributed by atoms with E-state index in [1.54, 1.807) is 43.5 Å². The topological polar surface area (TPSA) is 115 Å². The van der Waals surface area contributed by atoms with Crippen LogP contribution < -0.4 is 24.3 Å². The molecule has 0 saturated carbocycles. The third kappa shape index (κ3) is 7.62. The Labute approximate surface area is 195 Å². The van der Waals surface area contributed by atoms with Gasteiger partial charge in [0.1, 0.15) is 34.2 Å². The number of amides is 1. The second kappa shape index (κ2) is 12.6. The van der Waals surface area contributed by atoms with Crippen molar-refractivity contribution in [3.05, 3.63) is 46.9 Å². The summed E-state index contributed by atoms with van der Waals surface area (Å²) in [5.74, 6) is 1.14. The van der Waals surface area contributed by atoms with Gasteiger partial charge in [-0.1, -0.05) is 6.07 Å². The number of hydrogen-bond acceptors (Lipinski definition) is 8. The van der Waals surface area contributed by atoms with Gasteiger partial charge in [-0.05, 0) is 23.3 Å². The standard InChI is InChI=1S/C23H27NO8S/c1-15(25)32-13-23(26)24-19-10-16(6-7-20(19)29-3)14-33(27)9-8-18-21(30-4)11-17(28-2)12-22(18)31-5/h6-12H,13-14H2,1-5H3,(H,24,26). The number of nitrogens with one attached hydrogen (secondary N) is 1. The zero-order chi connectivity index (χ0) is 24.4. The van der Waals surface area contributed by atoms with Gasteiger partial charge in [0.15, 0.2) is 6.61 Å². The number of anilines is 1. The number of rotatable bonds is 11. The molecule has 33 heavy (non-hydrogen) atoms. The summed E-state index contributed by atoms with van der Waals surface area (Å²) in [4.78, 5) is 22.9. The molecule has 2 aromatic rings. The number of carbonyl (C=O) groups excluding carboxylic acids is 2. The minimum atomic E-state index is -1.38. The van der Waals surface area contributed by atoms with Crippen LogP contribution in [0.2, 0.25) is 0 Å². The smallest absolute Gasteiger partial charge is 0.303 e. The molecule has 0 aliphatic rings. The van der Waals surface area contributed by atoms with Crippen LogP contribution in [0.4, 0.5) is 5.69 Å². The van der Waals surface area contributed by atoms with E-state index in [2.05, 4.69) is 5.32 Å². The van der Waals surface area contributed by atoms with E-state index < -0.39 is 29.7 Å². The van der Waals surface area contributed by atoms with Crippen molar-refractivity contribution in [3.8, 4) is 23.0 Å². The fourth-order valence-electron chi connectivity index (χ4n) is 2.85. The van der Waals surface area contributed by atoms with Gasteiger partial charge in [0.2, 0.25) is 0 Å². The van der Waals surface area contributed by atoms with Crippen molar-refractivity contribution >= 4 is 34.8 Å². The lowest BCUT2D eigenvalue weighted by Gasteiger charge is -2.14. The molecule has 2 rings (SSSR count). The maximum absolute atomic E-state index is 12.7. The molecule has 1 unspecified atom stereocenters. The first kappa shape index (κ1) is 25.9. The van der Waals surface area contributed by atoms with Crippen molar-refractivity contribution in [1.29, 1.82) is 0 Å². The first-order valence-electron chi connectivity index (χ1n) is 9.76. The molecule has 178 valence electrons. The van der Waals surface area contributed by atoms with Gasteiger partial charge in [0.05, 0.1) is 39.7 Å². The highest BCUT2D eigenvalue weighted by Gasteiger charge is 2.15. The Morgan fingerprint density at radius 2 is 1.61 bits per heavy atom. The van der Waals surface area contributed by atoms with Crippen molar-refractivity contribution in [2.75, 3.05) is 40.4 Å². The normalized spacial score (nSPS) is 11.6. The van der Waals surface area contributed by atoms with E-state index in [1.807, 2.05) is 0 Å². The Kier molecular flexibility index (Phi) is 9.89. The Hall–Kier alpha value is -3.37. The summed E-state index contributed by atoms with van der Waals surface area (Å²) in [7, 11) is 6.06. The van der Waals surface area contributed by atoms with Gasteiger partial charge in [-0.15, -0.1) is 0 Å². The van der Waals surface area contributed by atoms with Gasteiger partial charge in [-0.2, -0.15) is 0 Å². The Morgan fingerprint density at radius 3 is 2.15 bits per heavy atom. The highest BCUT2D eigenvalue weighted by molar-refractivity contribution is 7.93. The molecule has 1 N–H and O–H groups in total. The number of hydrogen-bond donors (Lipinski definition) is 1. The largest absolute Gasteiger partial charge is 0.612 e. The molecule has 0 radical (unpaired) electrons. The molecule has 9 nitrogen and oxygen atoms in total. The number of carbonyl (C=O) groups is 2. The van der Waals surface area contributed by atoms with E-state index >= 15 is 0 Å². The predicted molar refractivity (Wildman–Crippen MR) is 125 cm³/mol. The molecule has 1 atom stereocenters. The number of ether oxygens (including phenoxy) is 5. The quantitative estimate of drug-likeness (QED) is 0.388. The van der Waals surface area contributed by atoms with Gasteiger partial charge in [0, 0.05) is 30.7 Å². The first-order chi connectivity index (χ1) is 15.8. The van der Waals surface area contributed by atoms with Gasteiger partial charge in [-0.3, -0.25) is 9.59 Å². The van der Waals surface area contributed by atoms with Crippen LogP contribution in [0.25, 0.3) is 6.08 Å². The van der Waals surface area contributed by atoms with Crippen molar-refractivity contribution < 1.29 is 37.8 Å². The van der Waals surface area contributed by atoms with E-state index in [-0.39, 0.29) is 5.75 Å². The van der Waals surface area contributed by atoms with Crippen molar-refractivity contribution in [2.24, 2.45) is 0 Å². The third-order valence-electron chi connectivity index (χ3n) is 4.39. The second-order valence-corrected chi connectivity index (χ2v) is 7.96. The average Bonchev–Trinajstić information content (AvgIpc) is 2.81. The van der Waals surface area contributed by atoms with Crippen LogP contribution in [-0.2, 0) is 31.3 Å². The molecule has 1 amide bonds. The summed E-state index contributed by atoms with van der Waals surface area (Å²) in [6.07, 6.45) is 1.67. The molecule has 10 heteroatoms. The second-order valence-electron chi connectivity index (χ2n) is 6.64.